The van der Waals surface area contributed by atoms with Gasteiger partial charge in [-0.05, 0) is 24.6 Å². The molecule has 6 nitrogen and oxygen atoms in total. The van der Waals surface area contributed by atoms with Crippen molar-refractivity contribution in [2.45, 2.75) is 6.92 Å². The lowest BCUT2D eigenvalue weighted by Crippen LogP contribution is -2.15. The Bertz CT molecular complexity index is 683. The van der Waals surface area contributed by atoms with Gasteiger partial charge in [-0.15, -0.1) is 10.2 Å². The molecule has 0 aliphatic rings. The van der Waals surface area contributed by atoms with Crippen LogP contribution in [-0.2, 0) is 0 Å². The van der Waals surface area contributed by atoms with Crippen molar-refractivity contribution in [1.29, 1.82) is 0 Å². The van der Waals surface area contributed by atoms with Crippen LogP contribution >= 0.6 is 0 Å². The summed E-state index contributed by atoms with van der Waals surface area (Å²) in [7, 11) is 0. The van der Waals surface area contributed by atoms with Gasteiger partial charge in [0.05, 0.1) is 6.21 Å². The fraction of sp³-hybridized carbons (Fsp3) is 0.0909. The normalized spacial score (nSPS) is 10.9. The smallest absolute Gasteiger partial charge is 0.274 e. The summed E-state index contributed by atoms with van der Waals surface area (Å²) in [6.45, 7) is 1.51. The molecule has 0 saturated heterocycles. The number of aromatic nitrogens is 3. The van der Waals surface area contributed by atoms with Gasteiger partial charge in [0.1, 0.15) is 5.69 Å². The lowest BCUT2D eigenvalue weighted by molar-refractivity contribution is 0.508. The van der Waals surface area contributed by atoms with Crippen LogP contribution in [0.15, 0.2) is 28.1 Å². The molecule has 1 aromatic carbocycles. The number of hydrogen-bond acceptors (Lipinski definition) is 5. The van der Waals surface area contributed by atoms with Gasteiger partial charge in [-0.25, -0.2) is 14.2 Å². The summed E-state index contributed by atoms with van der Waals surface area (Å²) in [5.41, 5.74) is 2.62. The van der Waals surface area contributed by atoms with Crippen LogP contribution in [0, 0.1) is 18.6 Å². The van der Waals surface area contributed by atoms with Crippen LogP contribution in [0.4, 0.5) is 14.7 Å². The summed E-state index contributed by atoms with van der Waals surface area (Å²) in [4.78, 5) is 13.6. The minimum atomic E-state index is -0.965. The van der Waals surface area contributed by atoms with E-state index in [1.807, 2.05) is 0 Å². The Balaban J connectivity index is 2.08. The number of nitrogens with zero attached hydrogens (tertiary/aromatic N) is 3. The number of hydrogen-bond donors (Lipinski definition) is 2. The molecule has 0 bridgehead atoms. The third kappa shape index (κ3) is 3.18. The minimum absolute atomic E-state index is 0.0504. The first kappa shape index (κ1) is 12.8. The lowest BCUT2D eigenvalue weighted by atomic mass is 10.2. The van der Waals surface area contributed by atoms with E-state index in [2.05, 4.69) is 25.7 Å². The molecule has 8 heteroatoms. The molecule has 19 heavy (non-hydrogen) atoms. The summed E-state index contributed by atoms with van der Waals surface area (Å²) < 4.78 is 25.6. The Labute approximate surface area is 106 Å². The highest BCUT2D eigenvalue weighted by atomic mass is 19.2. The molecule has 0 saturated carbocycles. The zero-order chi connectivity index (χ0) is 13.8. The van der Waals surface area contributed by atoms with Crippen molar-refractivity contribution >= 4 is 12.2 Å². The molecular weight excluding hydrogens is 256 g/mol. The topological polar surface area (TPSA) is 83.0 Å². The third-order valence-corrected chi connectivity index (χ3v) is 2.19. The molecule has 0 fully saturated rings. The molecule has 0 amide bonds. The third-order valence-electron chi connectivity index (χ3n) is 2.19. The van der Waals surface area contributed by atoms with E-state index in [4.69, 9.17) is 0 Å². The molecule has 0 aliphatic heterocycles. The van der Waals surface area contributed by atoms with E-state index in [1.54, 1.807) is 0 Å². The maximum absolute atomic E-state index is 12.9. The highest BCUT2D eigenvalue weighted by molar-refractivity contribution is 5.79. The van der Waals surface area contributed by atoms with Gasteiger partial charge in [-0.1, -0.05) is 6.07 Å². The lowest BCUT2D eigenvalue weighted by Gasteiger charge is -1.98. The molecule has 0 atom stereocenters. The van der Waals surface area contributed by atoms with Crippen LogP contribution in [0.25, 0.3) is 0 Å². The molecule has 2 aromatic rings. The SMILES string of the molecule is Cc1nnc(N/N=C\c2ccc(F)c(F)c2)[nH]c1=O. The zero-order valence-electron chi connectivity index (χ0n) is 9.82. The van der Waals surface area contributed by atoms with Crippen LogP contribution in [0.3, 0.4) is 0 Å². The Morgan fingerprint density at radius 1 is 1.32 bits per heavy atom. The first-order valence-corrected chi connectivity index (χ1v) is 5.24. The second-order valence-electron chi connectivity index (χ2n) is 3.63. The number of rotatable bonds is 3. The average molecular weight is 265 g/mol. The molecule has 0 radical (unpaired) electrons. The Hall–Kier alpha value is -2.64. The van der Waals surface area contributed by atoms with Gasteiger partial charge in [0, 0.05) is 0 Å². The van der Waals surface area contributed by atoms with E-state index in [-0.39, 0.29) is 17.2 Å². The number of H-pyrrole nitrogens is 1. The van der Waals surface area contributed by atoms with E-state index in [0.29, 0.717) is 5.56 Å². The second-order valence-corrected chi connectivity index (χ2v) is 3.63. The van der Waals surface area contributed by atoms with E-state index < -0.39 is 11.6 Å². The average Bonchev–Trinajstić information content (AvgIpc) is 2.38. The Morgan fingerprint density at radius 3 is 2.79 bits per heavy atom. The van der Waals surface area contributed by atoms with Crippen LogP contribution < -0.4 is 11.0 Å². The quantitative estimate of drug-likeness (QED) is 0.645. The molecule has 2 N–H and O–H groups in total. The number of aryl methyl sites for hydroxylation is 1. The number of hydrazone groups is 1. The standard InChI is InChI=1S/C11H9F2N5O/c1-6-10(19)15-11(18-16-6)17-14-5-7-2-3-8(12)9(13)4-7/h2-5H,1H3,(H2,15,17,18,19)/b14-5-. The van der Waals surface area contributed by atoms with Gasteiger partial charge in [-0.2, -0.15) is 5.10 Å². The molecule has 98 valence electrons. The number of nitrogens with one attached hydrogen (secondary N) is 2. The number of anilines is 1. The highest BCUT2D eigenvalue weighted by Gasteiger charge is 2.01. The van der Waals surface area contributed by atoms with E-state index in [0.717, 1.165) is 12.1 Å². The monoisotopic (exact) mass is 265 g/mol. The number of aromatic amines is 1. The van der Waals surface area contributed by atoms with Crippen molar-refractivity contribution in [3.8, 4) is 0 Å². The van der Waals surface area contributed by atoms with Crippen LogP contribution in [0.5, 0.6) is 0 Å². The van der Waals surface area contributed by atoms with Crippen molar-refractivity contribution in [3.63, 3.8) is 0 Å². The van der Waals surface area contributed by atoms with E-state index >= 15 is 0 Å². The molecule has 0 spiro atoms. The number of benzene rings is 1. The van der Waals surface area contributed by atoms with Crippen LogP contribution in [0.2, 0.25) is 0 Å². The summed E-state index contributed by atoms with van der Waals surface area (Å²) in [6.07, 6.45) is 1.25. The predicted molar refractivity (Wildman–Crippen MR) is 65.0 cm³/mol. The molecule has 0 unspecified atom stereocenters. The summed E-state index contributed by atoms with van der Waals surface area (Å²) in [5, 5.41) is 10.9. The fourth-order valence-electron chi connectivity index (χ4n) is 1.20. The van der Waals surface area contributed by atoms with Gasteiger partial charge in [0.15, 0.2) is 11.6 Å². The first-order chi connectivity index (χ1) is 9.06. The Kier molecular flexibility index (Phi) is 3.60. The van der Waals surface area contributed by atoms with Gasteiger partial charge in [0.25, 0.3) is 5.56 Å². The molecule has 2 rings (SSSR count). The highest BCUT2D eigenvalue weighted by Crippen LogP contribution is 2.06. The van der Waals surface area contributed by atoms with Crippen molar-refractivity contribution in [1.82, 2.24) is 15.2 Å². The maximum atomic E-state index is 12.9. The van der Waals surface area contributed by atoms with Gasteiger partial charge in [-0.3, -0.25) is 9.78 Å². The van der Waals surface area contributed by atoms with Crippen molar-refractivity contribution in [2.75, 3.05) is 5.43 Å². The largest absolute Gasteiger partial charge is 0.288 e. The maximum Gasteiger partial charge on any atom is 0.274 e. The second kappa shape index (κ2) is 5.34. The molecule has 1 heterocycles. The minimum Gasteiger partial charge on any atom is -0.288 e. The summed E-state index contributed by atoms with van der Waals surface area (Å²) >= 11 is 0. The summed E-state index contributed by atoms with van der Waals surface area (Å²) in [6, 6.07) is 3.33. The van der Waals surface area contributed by atoms with Crippen LogP contribution in [0.1, 0.15) is 11.3 Å². The predicted octanol–water partition coefficient (Wildman–Crippen LogP) is 1.20. The molecular formula is C11H9F2N5O. The van der Waals surface area contributed by atoms with Gasteiger partial charge < -0.3 is 0 Å². The zero-order valence-corrected chi connectivity index (χ0v) is 9.82. The molecule has 1 aromatic heterocycles. The molecule has 0 aliphatic carbocycles. The van der Waals surface area contributed by atoms with Gasteiger partial charge >= 0.3 is 0 Å². The Morgan fingerprint density at radius 2 is 2.11 bits per heavy atom. The van der Waals surface area contributed by atoms with Crippen molar-refractivity contribution in [2.24, 2.45) is 5.10 Å². The van der Waals surface area contributed by atoms with Crippen molar-refractivity contribution in [3.05, 3.63) is 51.4 Å². The first-order valence-electron chi connectivity index (χ1n) is 5.24. The number of halogens is 2. The van der Waals surface area contributed by atoms with Crippen molar-refractivity contribution < 1.29 is 8.78 Å². The fourth-order valence-corrected chi connectivity index (χ4v) is 1.20. The summed E-state index contributed by atoms with van der Waals surface area (Å²) in [5.74, 6) is -1.85. The van der Waals surface area contributed by atoms with Gasteiger partial charge in [0.2, 0.25) is 5.95 Å². The van der Waals surface area contributed by atoms with Crippen LogP contribution in [-0.4, -0.2) is 21.4 Å². The van der Waals surface area contributed by atoms with E-state index in [1.165, 1.54) is 19.2 Å². The van der Waals surface area contributed by atoms with E-state index in [9.17, 15) is 13.6 Å².